The highest BCUT2D eigenvalue weighted by Gasteiger charge is 2.30. The average molecular weight is 356 g/mol. The van der Waals surface area contributed by atoms with Crippen LogP contribution in [0.5, 0.6) is 5.75 Å². The molecular weight excluding hydrogens is 335 g/mol. The summed E-state index contributed by atoms with van der Waals surface area (Å²) in [4.78, 5) is 24.2. The number of unbranched alkanes of at least 4 members (excludes halogenated alkanes) is 1. The molecule has 0 bridgehead atoms. The Morgan fingerprint density at radius 3 is 2.81 bits per heavy atom. The van der Waals surface area contributed by atoms with Gasteiger partial charge in [0.1, 0.15) is 11.6 Å². The minimum atomic E-state index is -0.583. The maximum Gasteiger partial charge on any atom is 0.228 e. The molecule has 5 nitrogen and oxygen atoms in total. The Hall–Kier alpha value is -2.89. The van der Waals surface area contributed by atoms with Gasteiger partial charge >= 0.3 is 0 Å². The molecule has 0 aromatic heterocycles. The van der Waals surface area contributed by atoms with Crippen molar-refractivity contribution in [3.8, 4) is 5.75 Å². The first-order valence-electron chi connectivity index (χ1n) is 8.68. The highest BCUT2D eigenvalue weighted by atomic mass is 19.1. The Bertz CT molecular complexity index is 780. The average Bonchev–Trinajstić information content (AvgIpc) is 2.64. The number of para-hydroxylation sites is 1. The summed E-state index contributed by atoms with van der Waals surface area (Å²) in [6.45, 7) is 1.08. The highest BCUT2D eigenvalue weighted by Crippen LogP contribution is 2.32. The zero-order valence-corrected chi connectivity index (χ0v) is 14.3. The van der Waals surface area contributed by atoms with Crippen LogP contribution in [0.15, 0.2) is 48.5 Å². The third-order valence-corrected chi connectivity index (χ3v) is 4.25. The summed E-state index contributed by atoms with van der Waals surface area (Å²) in [5.74, 6) is -0.687. The summed E-state index contributed by atoms with van der Waals surface area (Å²) in [5, 5.41) is 5.47. The molecule has 2 aromatic carbocycles. The molecule has 136 valence electrons. The smallest absolute Gasteiger partial charge is 0.228 e. The number of carbonyl (C=O) groups is 2. The molecule has 0 saturated carbocycles. The Labute approximate surface area is 151 Å². The second-order valence-corrected chi connectivity index (χ2v) is 6.20. The van der Waals surface area contributed by atoms with Crippen molar-refractivity contribution in [2.75, 3.05) is 18.5 Å². The number of anilines is 1. The first-order valence-corrected chi connectivity index (χ1v) is 8.68. The summed E-state index contributed by atoms with van der Waals surface area (Å²) < 4.78 is 18.9. The summed E-state index contributed by atoms with van der Waals surface area (Å²) in [7, 11) is 0. The summed E-state index contributed by atoms with van der Waals surface area (Å²) in [6.07, 6.45) is 1.65. The molecular formula is C20H21FN2O3. The van der Waals surface area contributed by atoms with E-state index in [2.05, 4.69) is 10.6 Å². The van der Waals surface area contributed by atoms with Crippen molar-refractivity contribution in [3.05, 3.63) is 59.9 Å². The van der Waals surface area contributed by atoms with Gasteiger partial charge in [0.05, 0.1) is 12.5 Å². The minimum absolute atomic E-state index is 0.0710. The van der Waals surface area contributed by atoms with Gasteiger partial charge in [-0.3, -0.25) is 9.59 Å². The van der Waals surface area contributed by atoms with E-state index in [0.29, 0.717) is 24.4 Å². The molecule has 1 unspecified atom stereocenters. The fourth-order valence-corrected chi connectivity index (χ4v) is 2.94. The molecule has 2 aromatic rings. The van der Waals surface area contributed by atoms with Crippen LogP contribution in [0.3, 0.4) is 0 Å². The van der Waals surface area contributed by atoms with Gasteiger partial charge in [-0.15, -0.1) is 0 Å². The van der Waals surface area contributed by atoms with E-state index in [0.717, 1.165) is 18.6 Å². The van der Waals surface area contributed by atoms with E-state index in [9.17, 15) is 14.0 Å². The van der Waals surface area contributed by atoms with E-state index in [1.165, 1.54) is 12.1 Å². The van der Waals surface area contributed by atoms with E-state index < -0.39 is 11.7 Å². The largest absolute Gasteiger partial charge is 0.494 e. The summed E-state index contributed by atoms with van der Waals surface area (Å²) in [6, 6.07) is 13.7. The van der Waals surface area contributed by atoms with Crippen molar-refractivity contribution in [2.45, 2.75) is 25.2 Å². The number of rotatable bonds is 7. The Morgan fingerprint density at radius 1 is 1.19 bits per heavy atom. The Morgan fingerprint density at radius 2 is 2.00 bits per heavy atom. The molecule has 0 fully saturated rings. The Kier molecular flexibility index (Phi) is 5.84. The molecule has 0 saturated heterocycles. The third-order valence-electron chi connectivity index (χ3n) is 4.25. The number of amides is 2. The predicted molar refractivity (Wildman–Crippen MR) is 96.6 cm³/mol. The second-order valence-electron chi connectivity index (χ2n) is 6.20. The van der Waals surface area contributed by atoms with Gasteiger partial charge in [0.2, 0.25) is 11.8 Å². The van der Waals surface area contributed by atoms with E-state index in [1.807, 2.05) is 30.3 Å². The molecule has 3 rings (SSSR count). The molecule has 2 N–H and O–H groups in total. The number of hydrogen-bond donors (Lipinski definition) is 2. The third kappa shape index (κ3) is 4.59. The van der Waals surface area contributed by atoms with Crippen LogP contribution < -0.4 is 15.4 Å². The van der Waals surface area contributed by atoms with Crippen LogP contribution >= 0.6 is 0 Å². The lowest BCUT2D eigenvalue weighted by atomic mass is 9.89. The maximum absolute atomic E-state index is 13.3. The standard InChI is InChI=1S/C20H21FN2O3/c21-14-8-9-16-17(13-19(24)23-18(16)12-14)20(25)22-10-4-5-11-26-15-6-2-1-3-7-15/h1-3,6-9,12,17H,4-5,10-11,13H2,(H,22,25)(H,23,24). The number of benzene rings is 2. The van der Waals surface area contributed by atoms with Gasteiger partial charge in [-0.25, -0.2) is 4.39 Å². The summed E-state index contributed by atoms with van der Waals surface area (Å²) >= 11 is 0. The van der Waals surface area contributed by atoms with Gasteiger partial charge in [-0.1, -0.05) is 24.3 Å². The van der Waals surface area contributed by atoms with Crippen LogP contribution in [-0.2, 0) is 9.59 Å². The molecule has 1 atom stereocenters. The zero-order chi connectivity index (χ0) is 18.4. The van der Waals surface area contributed by atoms with Crippen molar-refractivity contribution < 1.29 is 18.7 Å². The lowest BCUT2D eigenvalue weighted by molar-refractivity contribution is -0.126. The molecule has 0 radical (unpaired) electrons. The van der Waals surface area contributed by atoms with Crippen molar-refractivity contribution in [3.63, 3.8) is 0 Å². The second kappa shape index (κ2) is 8.47. The van der Waals surface area contributed by atoms with E-state index in [4.69, 9.17) is 4.74 Å². The maximum atomic E-state index is 13.3. The number of halogens is 1. The number of ether oxygens (including phenoxy) is 1. The van der Waals surface area contributed by atoms with Crippen molar-refractivity contribution in [1.82, 2.24) is 5.32 Å². The number of hydrogen-bond acceptors (Lipinski definition) is 3. The van der Waals surface area contributed by atoms with E-state index in [1.54, 1.807) is 6.07 Å². The van der Waals surface area contributed by atoms with E-state index >= 15 is 0 Å². The Balaban J connectivity index is 1.44. The van der Waals surface area contributed by atoms with Gasteiger partial charge in [-0.05, 0) is 42.7 Å². The van der Waals surface area contributed by atoms with Gasteiger partial charge < -0.3 is 15.4 Å². The van der Waals surface area contributed by atoms with Crippen LogP contribution in [0, 0.1) is 5.82 Å². The first kappa shape index (κ1) is 17.9. The highest BCUT2D eigenvalue weighted by molar-refractivity contribution is 6.01. The fourth-order valence-electron chi connectivity index (χ4n) is 2.94. The summed E-state index contributed by atoms with van der Waals surface area (Å²) in [5.41, 5.74) is 1.02. The van der Waals surface area contributed by atoms with Gasteiger partial charge in [0.15, 0.2) is 0 Å². The molecule has 2 amide bonds. The van der Waals surface area contributed by atoms with Gasteiger partial charge in [-0.2, -0.15) is 0 Å². The van der Waals surface area contributed by atoms with Crippen molar-refractivity contribution >= 4 is 17.5 Å². The predicted octanol–water partition coefficient (Wildman–Crippen LogP) is 3.23. The van der Waals surface area contributed by atoms with Crippen LogP contribution in [-0.4, -0.2) is 25.0 Å². The minimum Gasteiger partial charge on any atom is -0.494 e. The lowest BCUT2D eigenvalue weighted by Gasteiger charge is -2.24. The molecule has 26 heavy (non-hydrogen) atoms. The lowest BCUT2D eigenvalue weighted by Crippen LogP contribution is -2.35. The number of carbonyl (C=O) groups excluding carboxylic acids is 2. The van der Waals surface area contributed by atoms with E-state index in [-0.39, 0.29) is 18.2 Å². The molecule has 1 heterocycles. The molecule has 1 aliphatic heterocycles. The molecule has 0 aliphatic carbocycles. The SMILES string of the molecule is O=C1CC(C(=O)NCCCCOc2ccccc2)c2ccc(F)cc2N1. The van der Waals surface area contributed by atoms with Gasteiger partial charge in [0.25, 0.3) is 0 Å². The zero-order valence-electron chi connectivity index (χ0n) is 14.3. The van der Waals surface area contributed by atoms with Crippen LogP contribution in [0.4, 0.5) is 10.1 Å². The number of nitrogens with one attached hydrogen (secondary N) is 2. The van der Waals surface area contributed by atoms with Crippen LogP contribution in [0.1, 0.15) is 30.7 Å². The van der Waals surface area contributed by atoms with Crippen molar-refractivity contribution in [1.29, 1.82) is 0 Å². The first-order chi connectivity index (χ1) is 12.6. The van der Waals surface area contributed by atoms with Gasteiger partial charge in [0, 0.05) is 18.7 Å². The molecule has 6 heteroatoms. The molecule has 1 aliphatic rings. The van der Waals surface area contributed by atoms with Crippen molar-refractivity contribution in [2.24, 2.45) is 0 Å². The molecule has 0 spiro atoms. The fraction of sp³-hybridized carbons (Fsp3) is 0.300. The monoisotopic (exact) mass is 356 g/mol. The topological polar surface area (TPSA) is 67.4 Å². The normalized spacial score (nSPS) is 15.7. The number of fused-ring (bicyclic) bond motifs is 1. The van der Waals surface area contributed by atoms with Crippen LogP contribution in [0.2, 0.25) is 0 Å². The quantitative estimate of drug-likeness (QED) is 0.749. The van der Waals surface area contributed by atoms with Crippen LogP contribution in [0.25, 0.3) is 0 Å².